The van der Waals surface area contributed by atoms with Crippen molar-refractivity contribution < 1.29 is 4.92 Å². The molecule has 1 N–H and O–H groups in total. The van der Waals surface area contributed by atoms with Crippen LogP contribution in [0.25, 0.3) is 0 Å². The first-order valence-electron chi connectivity index (χ1n) is 5.23. The Kier molecular flexibility index (Phi) is 4.11. The number of nitro groups is 1. The van der Waals surface area contributed by atoms with Crippen molar-refractivity contribution in [2.24, 2.45) is 0 Å². The van der Waals surface area contributed by atoms with Crippen LogP contribution in [0.3, 0.4) is 0 Å². The van der Waals surface area contributed by atoms with Crippen molar-refractivity contribution in [2.45, 2.75) is 6.42 Å². The maximum absolute atomic E-state index is 10.7. The molecule has 0 atom stereocenters. The molecular formula is C11H10ClN3O2S. The molecule has 2 aromatic heterocycles. The number of anilines is 1. The number of pyridine rings is 1. The van der Waals surface area contributed by atoms with Crippen molar-refractivity contribution in [1.82, 2.24) is 4.98 Å². The number of rotatable bonds is 5. The van der Waals surface area contributed by atoms with Crippen LogP contribution < -0.4 is 5.32 Å². The summed E-state index contributed by atoms with van der Waals surface area (Å²) in [5.41, 5.74) is -0.0615. The fourth-order valence-corrected chi connectivity index (χ4v) is 2.36. The van der Waals surface area contributed by atoms with E-state index in [1.807, 2.05) is 17.5 Å². The van der Waals surface area contributed by atoms with Crippen LogP contribution in [-0.4, -0.2) is 16.5 Å². The Hall–Kier alpha value is -1.66. The van der Waals surface area contributed by atoms with Gasteiger partial charge < -0.3 is 5.32 Å². The molecule has 0 bridgehead atoms. The van der Waals surface area contributed by atoms with Gasteiger partial charge >= 0.3 is 0 Å². The molecule has 94 valence electrons. The van der Waals surface area contributed by atoms with Gasteiger partial charge in [-0.25, -0.2) is 4.98 Å². The third-order valence-corrected chi connectivity index (χ3v) is 3.38. The molecule has 0 aromatic carbocycles. The highest BCUT2D eigenvalue weighted by atomic mass is 35.5. The van der Waals surface area contributed by atoms with Gasteiger partial charge in [0.2, 0.25) is 0 Å². The molecule has 18 heavy (non-hydrogen) atoms. The van der Waals surface area contributed by atoms with E-state index in [4.69, 9.17) is 11.6 Å². The molecule has 2 heterocycles. The van der Waals surface area contributed by atoms with Crippen molar-refractivity contribution in [3.05, 3.63) is 49.8 Å². The summed E-state index contributed by atoms with van der Waals surface area (Å²) in [6.45, 7) is 0.658. The van der Waals surface area contributed by atoms with Gasteiger partial charge in [-0.2, -0.15) is 0 Å². The second-order valence-corrected chi connectivity index (χ2v) is 4.97. The van der Waals surface area contributed by atoms with Crippen LogP contribution in [0.15, 0.2) is 29.6 Å². The molecule has 0 spiro atoms. The minimum atomic E-state index is -0.488. The smallest absolute Gasteiger partial charge is 0.276 e. The summed E-state index contributed by atoms with van der Waals surface area (Å²) in [6.07, 6.45) is 0.847. The number of halogens is 1. The summed E-state index contributed by atoms with van der Waals surface area (Å²) in [4.78, 5) is 15.4. The summed E-state index contributed by atoms with van der Waals surface area (Å²) in [5, 5.41) is 15.8. The van der Waals surface area contributed by atoms with Crippen molar-refractivity contribution in [3.63, 3.8) is 0 Å². The van der Waals surface area contributed by atoms with Crippen molar-refractivity contribution in [3.8, 4) is 0 Å². The van der Waals surface area contributed by atoms with Gasteiger partial charge in [0.15, 0.2) is 0 Å². The van der Waals surface area contributed by atoms with Crippen LogP contribution >= 0.6 is 22.9 Å². The lowest BCUT2D eigenvalue weighted by atomic mass is 10.3. The zero-order chi connectivity index (χ0) is 13.0. The van der Waals surface area contributed by atoms with Crippen molar-refractivity contribution in [1.29, 1.82) is 0 Å². The minimum absolute atomic E-state index is 0.0615. The topological polar surface area (TPSA) is 68.1 Å². The lowest BCUT2D eigenvalue weighted by Crippen LogP contribution is -2.06. The van der Waals surface area contributed by atoms with E-state index < -0.39 is 4.92 Å². The Morgan fingerprint density at radius 3 is 3.00 bits per heavy atom. The predicted octanol–water partition coefficient (Wildman–Crippen LogP) is 3.36. The highest BCUT2D eigenvalue weighted by Gasteiger charge is 2.09. The summed E-state index contributed by atoms with van der Waals surface area (Å²) >= 11 is 7.39. The molecular weight excluding hydrogens is 274 g/mol. The number of thiophene rings is 1. The lowest BCUT2D eigenvalue weighted by molar-refractivity contribution is -0.384. The Bertz CT molecular complexity index is 545. The van der Waals surface area contributed by atoms with E-state index in [0.29, 0.717) is 12.4 Å². The summed E-state index contributed by atoms with van der Waals surface area (Å²) < 4.78 is 0. The standard InChI is InChI=1S/C11H10ClN3O2S/c12-10-6-8(15(16)17)7-11(14-10)13-4-3-9-2-1-5-18-9/h1-2,5-7H,3-4H2,(H,13,14). The maximum Gasteiger partial charge on any atom is 0.276 e. The third kappa shape index (κ3) is 3.41. The van der Waals surface area contributed by atoms with E-state index in [9.17, 15) is 10.1 Å². The molecule has 0 aliphatic rings. The Morgan fingerprint density at radius 2 is 2.33 bits per heavy atom. The molecule has 2 rings (SSSR count). The first kappa shape index (κ1) is 12.8. The van der Waals surface area contributed by atoms with Gasteiger partial charge in [0.1, 0.15) is 11.0 Å². The number of nitrogens with one attached hydrogen (secondary N) is 1. The van der Waals surface area contributed by atoms with E-state index >= 15 is 0 Å². The molecule has 7 heteroatoms. The first-order chi connectivity index (χ1) is 8.65. The Labute approximate surface area is 113 Å². The van der Waals surface area contributed by atoms with E-state index in [1.54, 1.807) is 11.3 Å². The van der Waals surface area contributed by atoms with Crippen LogP contribution in [-0.2, 0) is 6.42 Å². The van der Waals surface area contributed by atoms with Gasteiger partial charge in [0, 0.05) is 11.4 Å². The highest BCUT2D eigenvalue weighted by Crippen LogP contribution is 2.20. The van der Waals surface area contributed by atoms with Gasteiger partial charge in [-0.15, -0.1) is 11.3 Å². The molecule has 0 aliphatic carbocycles. The van der Waals surface area contributed by atoms with Gasteiger partial charge in [0.25, 0.3) is 5.69 Å². The lowest BCUT2D eigenvalue weighted by Gasteiger charge is -2.04. The van der Waals surface area contributed by atoms with Gasteiger partial charge in [-0.1, -0.05) is 17.7 Å². The van der Waals surface area contributed by atoms with E-state index in [0.717, 1.165) is 6.42 Å². The minimum Gasteiger partial charge on any atom is -0.369 e. The number of hydrogen-bond acceptors (Lipinski definition) is 5. The average molecular weight is 284 g/mol. The number of hydrogen-bond donors (Lipinski definition) is 1. The molecule has 2 aromatic rings. The number of nitrogens with zero attached hydrogens (tertiary/aromatic N) is 2. The van der Waals surface area contributed by atoms with Gasteiger partial charge in [-0.05, 0) is 17.9 Å². The van der Waals surface area contributed by atoms with E-state index in [2.05, 4.69) is 10.3 Å². The predicted molar refractivity (Wildman–Crippen MR) is 72.4 cm³/mol. The van der Waals surface area contributed by atoms with Gasteiger partial charge in [0.05, 0.1) is 17.1 Å². The molecule has 0 unspecified atom stereocenters. The van der Waals surface area contributed by atoms with Gasteiger partial charge in [-0.3, -0.25) is 10.1 Å². The maximum atomic E-state index is 10.7. The van der Waals surface area contributed by atoms with Crippen LogP contribution in [0.4, 0.5) is 11.5 Å². The molecule has 5 nitrogen and oxygen atoms in total. The van der Waals surface area contributed by atoms with E-state index in [-0.39, 0.29) is 10.8 Å². The quantitative estimate of drug-likeness (QED) is 0.519. The summed E-state index contributed by atoms with van der Waals surface area (Å²) in [6, 6.07) is 6.63. The average Bonchev–Trinajstić information content (AvgIpc) is 2.81. The summed E-state index contributed by atoms with van der Waals surface area (Å²) in [7, 11) is 0. The molecule has 0 radical (unpaired) electrons. The number of aromatic nitrogens is 1. The Balaban J connectivity index is 1.98. The molecule has 0 fully saturated rings. The highest BCUT2D eigenvalue weighted by molar-refractivity contribution is 7.09. The molecule has 0 amide bonds. The fraction of sp³-hybridized carbons (Fsp3) is 0.182. The van der Waals surface area contributed by atoms with Crippen LogP contribution in [0.5, 0.6) is 0 Å². The van der Waals surface area contributed by atoms with Crippen LogP contribution in [0, 0.1) is 10.1 Å². The Morgan fingerprint density at radius 1 is 1.50 bits per heavy atom. The fourth-order valence-electron chi connectivity index (χ4n) is 1.45. The van der Waals surface area contributed by atoms with Crippen LogP contribution in [0.1, 0.15) is 4.88 Å². The summed E-state index contributed by atoms with van der Waals surface area (Å²) in [5.74, 6) is 0.422. The van der Waals surface area contributed by atoms with E-state index in [1.165, 1.54) is 17.0 Å². The first-order valence-corrected chi connectivity index (χ1v) is 6.49. The second kappa shape index (κ2) is 5.79. The van der Waals surface area contributed by atoms with Crippen LogP contribution in [0.2, 0.25) is 5.15 Å². The second-order valence-electron chi connectivity index (χ2n) is 3.55. The van der Waals surface area contributed by atoms with Crippen molar-refractivity contribution >= 4 is 34.4 Å². The van der Waals surface area contributed by atoms with Crippen molar-refractivity contribution in [2.75, 3.05) is 11.9 Å². The molecule has 0 saturated carbocycles. The zero-order valence-corrected chi connectivity index (χ0v) is 10.9. The SMILES string of the molecule is O=[N+]([O-])c1cc(Cl)nc(NCCc2cccs2)c1. The third-order valence-electron chi connectivity index (χ3n) is 2.25. The monoisotopic (exact) mass is 283 g/mol. The largest absolute Gasteiger partial charge is 0.369 e. The normalized spacial score (nSPS) is 10.3. The zero-order valence-electron chi connectivity index (χ0n) is 9.30. The molecule has 0 aliphatic heterocycles. The molecule has 0 saturated heterocycles.